The lowest BCUT2D eigenvalue weighted by molar-refractivity contribution is 0.137. The summed E-state index contributed by atoms with van der Waals surface area (Å²) >= 11 is 0. The lowest BCUT2D eigenvalue weighted by Crippen LogP contribution is -2.26. The Morgan fingerprint density at radius 1 is 1.30 bits per heavy atom. The molecule has 2 rings (SSSR count). The molecule has 0 saturated carbocycles. The molecular formula is C10H17N9O. The highest BCUT2D eigenvalue weighted by Crippen LogP contribution is 2.08. The lowest BCUT2D eigenvalue weighted by atomic mass is 10.1. The average Bonchev–Trinajstić information content (AvgIpc) is 2.98. The van der Waals surface area contributed by atoms with Gasteiger partial charge in [-0.3, -0.25) is 5.43 Å². The van der Waals surface area contributed by atoms with Crippen LogP contribution in [0.2, 0.25) is 0 Å². The molecule has 0 amide bonds. The molecule has 0 aliphatic rings. The van der Waals surface area contributed by atoms with E-state index in [1.807, 2.05) is 13.8 Å². The van der Waals surface area contributed by atoms with Crippen molar-refractivity contribution in [1.29, 1.82) is 0 Å². The van der Waals surface area contributed by atoms with E-state index >= 15 is 0 Å². The Morgan fingerprint density at radius 2 is 2.05 bits per heavy atom. The minimum Gasteiger partial charge on any atom is -0.391 e. The fourth-order valence-electron chi connectivity index (χ4n) is 1.35. The van der Waals surface area contributed by atoms with E-state index in [9.17, 15) is 5.11 Å². The molecule has 1 atom stereocenters. The van der Waals surface area contributed by atoms with E-state index in [0.29, 0.717) is 6.54 Å². The SMILES string of the molecule is CC(C)C(O)CNc1nc(NN)nc(-n2cncn2)n1. The molecule has 1 unspecified atom stereocenters. The minimum atomic E-state index is -0.504. The predicted molar refractivity (Wildman–Crippen MR) is 71.9 cm³/mol. The normalized spacial score (nSPS) is 12.4. The number of aliphatic hydroxyl groups excluding tert-OH is 1. The molecular weight excluding hydrogens is 262 g/mol. The van der Waals surface area contributed by atoms with Gasteiger partial charge in [-0.2, -0.15) is 24.7 Å². The molecule has 10 nitrogen and oxygen atoms in total. The van der Waals surface area contributed by atoms with Crippen LogP contribution in [0, 0.1) is 5.92 Å². The second-order valence-corrected chi connectivity index (χ2v) is 4.46. The topological polar surface area (TPSA) is 140 Å². The molecule has 0 bridgehead atoms. The fourth-order valence-corrected chi connectivity index (χ4v) is 1.35. The van der Waals surface area contributed by atoms with E-state index in [1.165, 1.54) is 17.3 Å². The summed E-state index contributed by atoms with van der Waals surface area (Å²) in [7, 11) is 0. The maximum absolute atomic E-state index is 9.77. The summed E-state index contributed by atoms with van der Waals surface area (Å²) in [6.07, 6.45) is 2.33. The van der Waals surface area contributed by atoms with Crippen molar-refractivity contribution in [2.24, 2.45) is 11.8 Å². The summed E-state index contributed by atoms with van der Waals surface area (Å²) in [6.45, 7) is 4.17. The van der Waals surface area contributed by atoms with Crippen LogP contribution in [0.5, 0.6) is 0 Å². The van der Waals surface area contributed by atoms with Gasteiger partial charge in [-0.25, -0.2) is 10.8 Å². The molecule has 2 aromatic rings. The van der Waals surface area contributed by atoms with Gasteiger partial charge in [0.05, 0.1) is 6.10 Å². The van der Waals surface area contributed by atoms with Crippen molar-refractivity contribution in [2.75, 3.05) is 17.3 Å². The molecule has 10 heteroatoms. The second-order valence-electron chi connectivity index (χ2n) is 4.46. The molecule has 0 spiro atoms. The zero-order chi connectivity index (χ0) is 14.5. The van der Waals surface area contributed by atoms with E-state index in [4.69, 9.17) is 5.84 Å². The van der Waals surface area contributed by atoms with Gasteiger partial charge in [-0.1, -0.05) is 13.8 Å². The van der Waals surface area contributed by atoms with Crippen molar-refractivity contribution in [2.45, 2.75) is 20.0 Å². The Balaban J connectivity index is 2.18. The third kappa shape index (κ3) is 3.36. The third-order valence-corrected chi connectivity index (χ3v) is 2.62. The van der Waals surface area contributed by atoms with Crippen LogP contribution in [0.25, 0.3) is 5.95 Å². The smallest absolute Gasteiger partial charge is 0.258 e. The van der Waals surface area contributed by atoms with E-state index in [0.717, 1.165) is 0 Å². The highest BCUT2D eigenvalue weighted by atomic mass is 16.3. The molecule has 0 aliphatic carbocycles. The summed E-state index contributed by atoms with van der Waals surface area (Å²) in [4.78, 5) is 16.1. The van der Waals surface area contributed by atoms with E-state index in [-0.39, 0.29) is 23.8 Å². The number of hydrazine groups is 1. The zero-order valence-electron chi connectivity index (χ0n) is 11.2. The summed E-state index contributed by atoms with van der Waals surface area (Å²) in [5.74, 6) is 6.20. The highest BCUT2D eigenvalue weighted by Gasteiger charge is 2.12. The molecule has 5 N–H and O–H groups in total. The summed E-state index contributed by atoms with van der Waals surface area (Å²) in [5, 5.41) is 16.6. The van der Waals surface area contributed by atoms with Crippen molar-refractivity contribution in [3.8, 4) is 5.95 Å². The maximum Gasteiger partial charge on any atom is 0.258 e. The van der Waals surface area contributed by atoms with Crippen LogP contribution >= 0.6 is 0 Å². The van der Waals surface area contributed by atoms with Gasteiger partial charge in [-0.05, 0) is 5.92 Å². The Kier molecular flexibility index (Phi) is 4.38. The second kappa shape index (κ2) is 6.21. The van der Waals surface area contributed by atoms with E-state index in [2.05, 4.69) is 35.8 Å². The number of nitrogens with zero attached hydrogens (tertiary/aromatic N) is 6. The van der Waals surface area contributed by atoms with Crippen LogP contribution in [0.4, 0.5) is 11.9 Å². The molecule has 2 heterocycles. The number of nitrogens with one attached hydrogen (secondary N) is 2. The van der Waals surface area contributed by atoms with Crippen LogP contribution in [-0.2, 0) is 0 Å². The van der Waals surface area contributed by atoms with E-state index in [1.54, 1.807) is 0 Å². The Bertz CT molecular complexity index is 542. The van der Waals surface area contributed by atoms with Crippen LogP contribution in [0.3, 0.4) is 0 Å². The Hall–Kier alpha value is -2.33. The average molecular weight is 279 g/mol. The lowest BCUT2D eigenvalue weighted by Gasteiger charge is -2.15. The van der Waals surface area contributed by atoms with Crippen LogP contribution in [0.15, 0.2) is 12.7 Å². The summed E-state index contributed by atoms with van der Waals surface area (Å²) < 4.78 is 1.38. The summed E-state index contributed by atoms with van der Waals surface area (Å²) in [5.41, 5.74) is 2.35. The van der Waals surface area contributed by atoms with Gasteiger partial charge >= 0.3 is 0 Å². The Labute approximate surface area is 115 Å². The van der Waals surface area contributed by atoms with Gasteiger partial charge in [0, 0.05) is 6.54 Å². The van der Waals surface area contributed by atoms with Gasteiger partial charge in [-0.15, -0.1) is 0 Å². The molecule has 0 saturated heterocycles. The first-order valence-electron chi connectivity index (χ1n) is 6.09. The number of hydrogen-bond acceptors (Lipinski definition) is 9. The molecule has 0 aliphatic heterocycles. The number of nitrogens with two attached hydrogens (primary N) is 1. The number of aromatic nitrogens is 6. The van der Waals surface area contributed by atoms with Gasteiger partial charge in [0.15, 0.2) is 0 Å². The monoisotopic (exact) mass is 279 g/mol. The number of aliphatic hydroxyl groups is 1. The van der Waals surface area contributed by atoms with Crippen LogP contribution in [0.1, 0.15) is 13.8 Å². The molecule has 2 aromatic heterocycles. The molecule has 20 heavy (non-hydrogen) atoms. The fraction of sp³-hybridized carbons (Fsp3) is 0.500. The van der Waals surface area contributed by atoms with Crippen LogP contribution < -0.4 is 16.6 Å². The molecule has 0 radical (unpaired) electrons. The van der Waals surface area contributed by atoms with Crippen molar-refractivity contribution < 1.29 is 5.11 Å². The van der Waals surface area contributed by atoms with E-state index < -0.39 is 6.10 Å². The van der Waals surface area contributed by atoms with Gasteiger partial charge in [0.2, 0.25) is 11.9 Å². The number of nitrogen functional groups attached to an aromatic ring is 1. The highest BCUT2D eigenvalue weighted by molar-refractivity contribution is 5.36. The third-order valence-electron chi connectivity index (χ3n) is 2.62. The maximum atomic E-state index is 9.77. The number of anilines is 2. The van der Waals surface area contributed by atoms with Gasteiger partial charge in [0.1, 0.15) is 12.7 Å². The van der Waals surface area contributed by atoms with Crippen molar-refractivity contribution in [3.63, 3.8) is 0 Å². The first-order valence-corrected chi connectivity index (χ1v) is 6.09. The molecule has 0 fully saturated rings. The largest absolute Gasteiger partial charge is 0.391 e. The molecule has 108 valence electrons. The zero-order valence-corrected chi connectivity index (χ0v) is 11.2. The number of rotatable bonds is 6. The van der Waals surface area contributed by atoms with Crippen molar-refractivity contribution >= 4 is 11.9 Å². The number of hydrogen-bond donors (Lipinski definition) is 4. The summed E-state index contributed by atoms with van der Waals surface area (Å²) in [6, 6.07) is 0. The van der Waals surface area contributed by atoms with Gasteiger partial charge < -0.3 is 10.4 Å². The van der Waals surface area contributed by atoms with Crippen molar-refractivity contribution in [1.82, 2.24) is 29.7 Å². The minimum absolute atomic E-state index is 0.131. The predicted octanol–water partition coefficient (Wildman–Crippen LogP) is -0.833. The molecule has 0 aromatic carbocycles. The van der Waals surface area contributed by atoms with Crippen LogP contribution in [-0.4, -0.2) is 47.5 Å². The first-order chi connectivity index (χ1) is 9.60. The van der Waals surface area contributed by atoms with Crippen molar-refractivity contribution in [3.05, 3.63) is 12.7 Å². The van der Waals surface area contributed by atoms with Gasteiger partial charge in [0.25, 0.3) is 5.95 Å². The standard InChI is InChI=1S/C10H17N9O/c1-6(2)7(20)3-13-8-15-9(18-11)17-10(16-8)19-5-12-4-14-19/h4-7,20H,3,11H2,1-2H3,(H2,13,15,16,17,18). The quantitative estimate of drug-likeness (QED) is 0.393. The Morgan fingerprint density at radius 3 is 2.65 bits per heavy atom. The first kappa shape index (κ1) is 14.1.